The fourth-order valence-corrected chi connectivity index (χ4v) is 4.84. The Bertz CT molecular complexity index is 1160. The largest absolute Gasteiger partial charge is 0.273 e. The molecule has 4 rings (SSSR count). The van der Waals surface area contributed by atoms with Gasteiger partial charge < -0.3 is 0 Å². The lowest BCUT2D eigenvalue weighted by molar-refractivity contribution is -0.115. The second-order valence-electron chi connectivity index (χ2n) is 6.68. The fraction of sp³-hybridized carbons (Fsp3) is 0.130. The van der Waals surface area contributed by atoms with E-state index in [0.29, 0.717) is 16.4 Å². The van der Waals surface area contributed by atoms with Gasteiger partial charge in [-0.3, -0.25) is 9.69 Å². The van der Waals surface area contributed by atoms with Gasteiger partial charge in [0.15, 0.2) is 5.13 Å². The van der Waals surface area contributed by atoms with Gasteiger partial charge in [-0.1, -0.05) is 47.7 Å². The van der Waals surface area contributed by atoms with Gasteiger partial charge >= 0.3 is 0 Å². The second kappa shape index (κ2) is 8.35. The van der Waals surface area contributed by atoms with Crippen LogP contribution in [0.2, 0.25) is 0 Å². The molecular formula is C23H19FN2OS2. The van der Waals surface area contributed by atoms with Gasteiger partial charge in [0.25, 0.3) is 0 Å². The van der Waals surface area contributed by atoms with Crippen molar-refractivity contribution in [3.05, 3.63) is 83.7 Å². The number of hydrogen-bond donors (Lipinski definition) is 0. The van der Waals surface area contributed by atoms with Crippen LogP contribution in [-0.2, 0) is 4.79 Å². The number of aromatic nitrogens is 1. The van der Waals surface area contributed by atoms with Crippen molar-refractivity contribution in [2.45, 2.75) is 18.7 Å². The van der Waals surface area contributed by atoms with Crippen LogP contribution in [0.25, 0.3) is 10.2 Å². The zero-order chi connectivity index (χ0) is 20.4. The van der Waals surface area contributed by atoms with Crippen molar-refractivity contribution in [1.29, 1.82) is 0 Å². The SMILES string of the molecule is Cc1ccc(N(C(=O)CSc2ccccc2C)c2nc3ccccc3s2)cc1F. The van der Waals surface area contributed by atoms with Crippen LogP contribution in [0.4, 0.5) is 15.2 Å². The Morgan fingerprint density at radius 2 is 1.79 bits per heavy atom. The quantitative estimate of drug-likeness (QED) is 0.344. The molecule has 1 aromatic heterocycles. The molecule has 0 bridgehead atoms. The summed E-state index contributed by atoms with van der Waals surface area (Å²) in [5.74, 6) is -0.246. The van der Waals surface area contributed by atoms with Crippen LogP contribution in [0.1, 0.15) is 11.1 Å². The number of thioether (sulfide) groups is 1. The smallest absolute Gasteiger partial charge is 0.243 e. The summed E-state index contributed by atoms with van der Waals surface area (Å²) in [7, 11) is 0. The van der Waals surface area contributed by atoms with Crippen molar-refractivity contribution in [2.75, 3.05) is 10.7 Å². The van der Waals surface area contributed by atoms with Crippen molar-refractivity contribution < 1.29 is 9.18 Å². The van der Waals surface area contributed by atoms with Crippen molar-refractivity contribution in [2.24, 2.45) is 0 Å². The van der Waals surface area contributed by atoms with Crippen molar-refractivity contribution in [3.8, 4) is 0 Å². The van der Waals surface area contributed by atoms with E-state index in [4.69, 9.17) is 0 Å². The van der Waals surface area contributed by atoms with Gasteiger partial charge in [-0.05, 0) is 55.3 Å². The predicted molar refractivity (Wildman–Crippen MR) is 120 cm³/mol. The molecule has 3 nitrogen and oxygen atoms in total. The summed E-state index contributed by atoms with van der Waals surface area (Å²) >= 11 is 2.90. The third-order valence-corrected chi connectivity index (χ3v) is 6.76. The molecule has 0 aliphatic carbocycles. The molecule has 0 saturated heterocycles. The van der Waals surface area contributed by atoms with E-state index in [0.717, 1.165) is 20.7 Å². The predicted octanol–water partition coefficient (Wildman–Crippen LogP) is 6.51. The Kier molecular flexibility index (Phi) is 5.65. The van der Waals surface area contributed by atoms with E-state index >= 15 is 0 Å². The Morgan fingerprint density at radius 3 is 2.55 bits per heavy atom. The number of hydrogen-bond acceptors (Lipinski definition) is 4. The number of thiazole rings is 1. The zero-order valence-electron chi connectivity index (χ0n) is 16.1. The molecule has 0 aliphatic heterocycles. The molecule has 146 valence electrons. The van der Waals surface area contributed by atoms with Crippen LogP contribution in [0, 0.1) is 19.7 Å². The number of carbonyl (C=O) groups is 1. The number of carbonyl (C=O) groups excluding carboxylic acids is 1. The normalized spacial score (nSPS) is 11.0. The molecule has 0 N–H and O–H groups in total. The van der Waals surface area contributed by atoms with Crippen LogP contribution < -0.4 is 4.90 Å². The lowest BCUT2D eigenvalue weighted by Crippen LogP contribution is -2.27. The first-order chi connectivity index (χ1) is 14.0. The van der Waals surface area contributed by atoms with Gasteiger partial charge in [0.2, 0.25) is 5.91 Å². The number of aryl methyl sites for hydroxylation is 2. The molecule has 0 aliphatic rings. The third kappa shape index (κ3) is 4.18. The molecule has 0 saturated carbocycles. The molecule has 0 atom stereocenters. The number of para-hydroxylation sites is 1. The van der Waals surface area contributed by atoms with E-state index in [1.807, 2.05) is 55.5 Å². The lowest BCUT2D eigenvalue weighted by atomic mass is 10.2. The topological polar surface area (TPSA) is 33.2 Å². The molecule has 0 spiro atoms. The summed E-state index contributed by atoms with van der Waals surface area (Å²) in [5, 5.41) is 0.546. The highest BCUT2D eigenvalue weighted by atomic mass is 32.2. The number of nitrogens with zero attached hydrogens (tertiary/aromatic N) is 2. The van der Waals surface area contributed by atoms with E-state index in [-0.39, 0.29) is 17.5 Å². The molecule has 0 unspecified atom stereocenters. The number of amides is 1. The minimum Gasteiger partial charge on any atom is -0.273 e. The number of halogens is 1. The average molecular weight is 423 g/mol. The Balaban J connectivity index is 1.70. The summed E-state index contributed by atoms with van der Waals surface area (Å²) in [6.07, 6.45) is 0. The molecule has 4 aromatic rings. The number of fused-ring (bicyclic) bond motifs is 1. The van der Waals surface area contributed by atoms with Gasteiger partial charge in [-0.25, -0.2) is 9.37 Å². The Hall–Kier alpha value is -2.70. The molecule has 1 heterocycles. The first-order valence-corrected chi connectivity index (χ1v) is 11.0. The van der Waals surface area contributed by atoms with Gasteiger partial charge in [-0.2, -0.15) is 0 Å². The maximum atomic E-state index is 14.3. The monoisotopic (exact) mass is 422 g/mol. The number of benzene rings is 3. The zero-order valence-corrected chi connectivity index (χ0v) is 17.7. The standard InChI is InChI=1S/C23H19FN2OS2/c1-15-11-12-17(13-18(15)24)26(23-25-19-8-4-6-10-21(19)29-23)22(27)14-28-20-9-5-3-7-16(20)2/h3-13H,14H2,1-2H3. The van der Waals surface area contributed by atoms with Crippen LogP contribution in [0.5, 0.6) is 0 Å². The van der Waals surface area contributed by atoms with E-state index in [1.165, 1.54) is 34.1 Å². The fourth-order valence-electron chi connectivity index (χ4n) is 2.96. The minimum absolute atomic E-state index is 0.138. The van der Waals surface area contributed by atoms with E-state index in [9.17, 15) is 9.18 Å². The second-order valence-corrected chi connectivity index (χ2v) is 8.71. The summed E-state index contributed by atoms with van der Waals surface area (Å²) in [6.45, 7) is 3.73. The van der Waals surface area contributed by atoms with Gasteiger partial charge in [0.1, 0.15) is 5.82 Å². The Morgan fingerprint density at radius 1 is 1.03 bits per heavy atom. The third-order valence-electron chi connectivity index (χ3n) is 4.58. The molecule has 0 fully saturated rings. The molecular weight excluding hydrogens is 403 g/mol. The van der Waals surface area contributed by atoms with Crippen molar-refractivity contribution in [3.63, 3.8) is 0 Å². The van der Waals surface area contributed by atoms with Crippen LogP contribution in [-0.4, -0.2) is 16.6 Å². The van der Waals surface area contributed by atoms with Gasteiger partial charge in [0.05, 0.1) is 21.7 Å². The maximum Gasteiger partial charge on any atom is 0.243 e. The van der Waals surface area contributed by atoms with E-state index in [1.54, 1.807) is 19.1 Å². The lowest BCUT2D eigenvalue weighted by Gasteiger charge is -2.20. The average Bonchev–Trinajstić information content (AvgIpc) is 3.13. The first kappa shape index (κ1) is 19.6. The molecule has 29 heavy (non-hydrogen) atoms. The van der Waals surface area contributed by atoms with E-state index in [2.05, 4.69) is 4.98 Å². The molecule has 1 amide bonds. The van der Waals surface area contributed by atoms with Gasteiger partial charge in [-0.15, -0.1) is 11.8 Å². The number of rotatable bonds is 5. The van der Waals surface area contributed by atoms with Crippen molar-refractivity contribution in [1.82, 2.24) is 4.98 Å². The summed E-state index contributed by atoms with van der Waals surface area (Å²) < 4.78 is 15.3. The van der Waals surface area contributed by atoms with E-state index < -0.39 is 0 Å². The van der Waals surface area contributed by atoms with Crippen LogP contribution in [0.3, 0.4) is 0 Å². The van der Waals surface area contributed by atoms with Crippen molar-refractivity contribution >= 4 is 50.0 Å². The highest BCUT2D eigenvalue weighted by Crippen LogP contribution is 2.35. The molecule has 0 radical (unpaired) electrons. The summed E-state index contributed by atoms with van der Waals surface area (Å²) in [6, 6.07) is 20.5. The number of anilines is 2. The highest BCUT2D eigenvalue weighted by Gasteiger charge is 2.23. The highest BCUT2D eigenvalue weighted by molar-refractivity contribution is 8.00. The maximum absolute atomic E-state index is 14.3. The molecule has 3 aromatic carbocycles. The Labute approximate surface area is 177 Å². The molecule has 6 heteroatoms. The summed E-state index contributed by atoms with van der Waals surface area (Å²) in [5.41, 5.74) is 2.98. The van der Waals surface area contributed by atoms with Crippen LogP contribution in [0.15, 0.2) is 71.6 Å². The summed E-state index contributed by atoms with van der Waals surface area (Å²) in [4.78, 5) is 20.5. The minimum atomic E-state index is -0.340. The first-order valence-electron chi connectivity index (χ1n) is 9.16. The van der Waals surface area contributed by atoms with Crippen LogP contribution >= 0.6 is 23.1 Å². The van der Waals surface area contributed by atoms with Gasteiger partial charge in [0, 0.05) is 4.90 Å².